The number of hydrogen-bond acceptors (Lipinski definition) is 1. The highest BCUT2D eigenvalue weighted by molar-refractivity contribution is 6.31. The Morgan fingerprint density at radius 3 is 2.47 bits per heavy atom. The van der Waals surface area contributed by atoms with Gasteiger partial charge in [-0.15, -0.1) is 0 Å². The molecule has 2 aromatic carbocycles. The molecule has 1 nitrogen and oxygen atoms in total. The van der Waals surface area contributed by atoms with Crippen molar-refractivity contribution >= 4 is 29.0 Å². The highest BCUT2D eigenvalue weighted by atomic mass is 35.5. The lowest BCUT2D eigenvalue weighted by atomic mass is 9.97. The van der Waals surface area contributed by atoms with Crippen LogP contribution in [0.1, 0.15) is 27.0 Å². The standard InChI is InChI=1S/C16H14Cl2O/c1-10-7-15(18)11(2)6-14(10)16(19)9-12-4-3-5-13(17)8-12/h3-8H,9H2,1-2H3. The number of carbonyl (C=O) groups is 1. The van der Waals surface area contributed by atoms with Gasteiger partial charge in [-0.2, -0.15) is 0 Å². The van der Waals surface area contributed by atoms with Crippen LogP contribution >= 0.6 is 23.2 Å². The largest absolute Gasteiger partial charge is 0.294 e. The third-order valence-corrected chi connectivity index (χ3v) is 3.70. The Hall–Kier alpha value is -1.31. The van der Waals surface area contributed by atoms with Crippen LogP contribution in [-0.4, -0.2) is 5.78 Å². The summed E-state index contributed by atoms with van der Waals surface area (Å²) in [6.45, 7) is 3.80. The van der Waals surface area contributed by atoms with E-state index in [0.29, 0.717) is 16.5 Å². The van der Waals surface area contributed by atoms with Gasteiger partial charge in [0.2, 0.25) is 0 Å². The summed E-state index contributed by atoms with van der Waals surface area (Å²) >= 11 is 12.0. The van der Waals surface area contributed by atoms with E-state index < -0.39 is 0 Å². The molecule has 2 aromatic rings. The van der Waals surface area contributed by atoms with Crippen LogP contribution < -0.4 is 0 Å². The molecule has 0 spiro atoms. The Kier molecular flexibility index (Phi) is 4.28. The third kappa shape index (κ3) is 3.37. The van der Waals surface area contributed by atoms with Crippen molar-refractivity contribution in [1.82, 2.24) is 0 Å². The fourth-order valence-corrected chi connectivity index (χ4v) is 2.44. The summed E-state index contributed by atoms with van der Waals surface area (Å²) in [5, 5.41) is 1.34. The minimum absolute atomic E-state index is 0.0829. The van der Waals surface area contributed by atoms with Gasteiger partial charge in [0.05, 0.1) is 0 Å². The molecule has 0 aromatic heterocycles. The highest BCUT2D eigenvalue weighted by Gasteiger charge is 2.12. The number of aryl methyl sites for hydroxylation is 2. The van der Waals surface area contributed by atoms with Crippen molar-refractivity contribution in [2.24, 2.45) is 0 Å². The smallest absolute Gasteiger partial charge is 0.167 e. The van der Waals surface area contributed by atoms with Crippen LogP contribution in [0.3, 0.4) is 0 Å². The van der Waals surface area contributed by atoms with Crippen LogP contribution in [0.25, 0.3) is 0 Å². The predicted molar refractivity (Wildman–Crippen MR) is 80.4 cm³/mol. The van der Waals surface area contributed by atoms with Crippen LogP contribution in [0.2, 0.25) is 10.0 Å². The fourth-order valence-electron chi connectivity index (χ4n) is 2.01. The predicted octanol–water partition coefficient (Wildman–Crippen LogP) is 5.04. The maximum atomic E-state index is 12.3. The van der Waals surface area contributed by atoms with Crippen molar-refractivity contribution < 1.29 is 4.79 Å². The maximum Gasteiger partial charge on any atom is 0.167 e. The summed E-state index contributed by atoms with van der Waals surface area (Å²) in [5.74, 6) is 0.0829. The quantitative estimate of drug-likeness (QED) is 0.725. The molecule has 0 heterocycles. The number of hydrogen-bond donors (Lipinski definition) is 0. The second-order valence-corrected chi connectivity index (χ2v) is 5.49. The average molecular weight is 293 g/mol. The summed E-state index contributed by atoms with van der Waals surface area (Å²) in [7, 11) is 0. The Bertz CT molecular complexity index is 633. The SMILES string of the molecule is Cc1cc(C(=O)Cc2cccc(Cl)c2)c(C)cc1Cl. The normalized spacial score (nSPS) is 10.5. The van der Waals surface area contributed by atoms with E-state index >= 15 is 0 Å². The van der Waals surface area contributed by atoms with Crippen molar-refractivity contribution in [3.8, 4) is 0 Å². The first-order chi connectivity index (χ1) is 8.97. The van der Waals surface area contributed by atoms with Gasteiger partial charge in [0.15, 0.2) is 5.78 Å². The molecule has 0 saturated heterocycles. The molecule has 0 aliphatic rings. The molecular weight excluding hydrogens is 279 g/mol. The summed E-state index contributed by atoms with van der Waals surface area (Å²) in [4.78, 5) is 12.3. The second-order valence-electron chi connectivity index (χ2n) is 4.65. The molecule has 0 aliphatic carbocycles. The summed E-state index contributed by atoms with van der Waals surface area (Å²) in [6.07, 6.45) is 0.350. The van der Waals surface area contributed by atoms with Gasteiger partial charge < -0.3 is 0 Å². The average Bonchev–Trinajstić information content (AvgIpc) is 2.33. The van der Waals surface area contributed by atoms with Gasteiger partial charge in [0.1, 0.15) is 0 Å². The molecule has 0 bridgehead atoms. The van der Waals surface area contributed by atoms with Crippen LogP contribution in [0.5, 0.6) is 0 Å². The van der Waals surface area contributed by atoms with Gasteiger partial charge in [-0.1, -0.05) is 35.3 Å². The minimum Gasteiger partial charge on any atom is -0.294 e. The molecule has 0 unspecified atom stereocenters. The molecule has 0 amide bonds. The van der Waals surface area contributed by atoms with Gasteiger partial charge >= 0.3 is 0 Å². The molecule has 0 atom stereocenters. The zero-order valence-corrected chi connectivity index (χ0v) is 12.3. The topological polar surface area (TPSA) is 17.1 Å². The Morgan fingerprint density at radius 2 is 1.79 bits per heavy atom. The first-order valence-electron chi connectivity index (χ1n) is 6.02. The lowest BCUT2D eigenvalue weighted by Gasteiger charge is -2.08. The van der Waals surface area contributed by atoms with Crippen LogP contribution in [0, 0.1) is 13.8 Å². The van der Waals surface area contributed by atoms with Crippen molar-refractivity contribution in [1.29, 1.82) is 0 Å². The van der Waals surface area contributed by atoms with E-state index in [1.165, 1.54) is 0 Å². The number of ketones is 1. The first kappa shape index (κ1) is 14.1. The molecule has 2 rings (SSSR count). The maximum absolute atomic E-state index is 12.3. The van der Waals surface area contributed by atoms with E-state index in [1.54, 1.807) is 6.07 Å². The molecular formula is C16H14Cl2O. The number of carbonyl (C=O) groups excluding carboxylic acids is 1. The highest BCUT2D eigenvalue weighted by Crippen LogP contribution is 2.22. The number of Topliss-reactive ketones (excluding diaryl/α,β-unsaturated/α-hetero) is 1. The number of halogens is 2. The molecule has 0 saturated carbocycles. The van der Waals surface area contributed by atoms with Crippen molar-refractivity contribution in [3.63, 3.8) is 0 Å². The minimum atomic E-state index is 0.0829. The molecule has 19 heavy (non-hydrogen) atoms. The molecule has 0 radical (unpaired) electrons. The molecule has 3 heteroatoms. The second kappa shape index (κ2) is 5.77. The van der Waals surface area contributed by atoms with E-state index in [-0.39, 0.29) is 5.78 Å². The van der Waals surface area contributed by atoms with Crippen LogP contribution in [0.15, 0.2) is 36.4 Å². The van der Waals surface area contributed by atoms with Crippen molar-refractivity contribution in [2.75, 3.05) is 0 Å². The molecule has 0 fully saturated rings. The van der Waals surface area contributed by atoms with Gasteiger partial charge in [-0.25, -0.2) is 0 Å². The van der Waals surface area contributed by atoms with Crippen molar-refractivity contribution in [3.05, 3.63) is 68.7 Å². The zero-order chi connectivity index (χ0) is 14.0. The molecule has 0 N–H and O–H groups in total. The molecule has 0 aliphatic heterocycles. The third-order valence-electron chi connectivity index (χ3n) is 3.06. The number of benzene rings is 2. The van der Waals surface area contributed by atoms with Gasteiger partial charge in [0, 0.05) is 22.0 Å². The Labute approximate surface area is 123 Å². The van der Waals surface area contributed by atoms with E-state index in [1.807, 2.05) is 44.2 Å². The summed E-state index contributed by atoms with van der Waals surface area (Å²) < 4.78 is 0. The first-order valence-corrected chi connectivity index (χ1v) is 6.77. The number of rotatable bonds is 3. The van der Waals surface area contributed by atoms with E-state index in [4.69, 9.17) is 23.2 Å². The van der Waals surface area contributed by atoms with Crippen LogP contribution in [0.4, 0.5) is 0 Å². The fraction of sp³-hybridized carbons (Fsp3) is 0.188. The van der Waals surface area contributed by atoms with E-state index in [2.05, 4.69) is 0 Å². The van der Waals surface area contributed by atoms with E-state index in [9.17, 15) is 4.79 Å². The lowest BCUT2D eigenvalue weighted by molar-refractivity contribution is 0.0992. The van der Waals surface area contributed by atoms with E-state index in [0.717, 1.165) is 22.3 Å². The molecule has 98 valence electrons. The van der Waals surface area contributed by atoms with Crippen molar-refractivity contribution in [2.45, 2.75) is 20.3 Å². The van der Waals surface area contributed by atoms with Gasteiger partial charge in [0.25, 0.3) is 0 Å². The van der Waals surface area contributed by atoms with Gasteiger partial charge in [-0.05, 0) is 54.8 Å². The van der Waals surface area contributed by atoms with Crippen LogP contribution in [-0.2, 0) is 6.42 Å². The summed E-state index contributed by atoms with van der Waals surface area (Å²) in [5.41, 5.74) is 3.47. The van der Waals surface area contributed by atoms with Gasteiger partial charge in [-0.3, -0.25) is 4.79 Å². The lowest BCUT2D eigenvalue weighted by Crippen LogP contribution is -2.06. The Balaban J connectivity index is 2.28. The Morgan fingerprint density at radius 1 is 1.05 bits per heavy atom. The summed E-state index contributed by atoms with van der Waals surface area (Å²) in [6, 6.07) is 11.1. The monoisotopic (exact) mass is 292 g/mol. The zero-order valence-electron chi connectivity index (χ0n) is 10.8.